The Bertz CT molecular complexity index is 503. The first-order chi connectivity index (χ1) is 8.15. The second-order valence-corrected chi connectivity index (χ2v) is 4.24. The largest absolute Gasteiger partial charge is 0.489 e. The molecule has 0 spiro atoms. The fourth-order valence-electron chi connectivity index (χ4n) is 1.67. The van der Waals surface area contributed by atoms with E-state index >= 15 is 0 Å². The molecule has 0 fully saturated rings. The number of rotatable bonds is 3. The molecule has 0 aliphatic rings. The topological polar surface area (TPSA) is 33.0 Å². The highest BCUT2D eigenvalue weighted by Gasteiger charge is 2.00. The van der Waals surface area contributed by atoms with E-state index in [1.54, 1.807) is 12.1 Å². The number of hydrogen-bond acceptors (Lipinski definition) is 1. The molecule has 0 atom stereocenters. The summed E-state index contributed by atoms with van der Waals surface area (Å²) < 4.78 is 5.70. The quantitative estimate of drug-likeness (QED) is 0.783. The van der Waals surface area contributed by atoms with Gasteiger partial charge in [0.15, 0.2) is 0 Å². The predicted octanol–water partition coefficient (Wildman–Crippen LogP) is 3.80. The summed E-state index contributed by atoms with van der Waals surface area (Å²) >= 11 is 0. The summed E-state index contributed by atoms with van der Waals surface area (Å²) in [5.74, 6) is 0.807. The SMILES string of the molecule is Cc1ccc(C)c(COc2ccc([NH])cc2)c1. The predicted molar refractivity (Wildman–Crippen MR) is 69.4 cm³/mol. The summed E-state index contributed by atoms with van der Waals surface area (Å²) in [5, 5.41) is 0. The van der Waals surface area contributed by atoms with E-state index in [-0.39, 0.29) is 0 Å². The Morgan fingerprint density at radius 2 is 1.71 bits per heavy atom. The maximum absolute atomic E-state index is 7.39. The van der Waals surface area contributed by atoms with Crippen LogP contribution in [0.5, 0.6) is 5.75 Å². The smallest absolute Gasteiger partial charge is 0.119 e. The maximum Gasteiger partial charge on any atom is 0.119 e. The van der Waals surface area contributed by atoms with E-state index < -0.39 is 0 Å². The van der Waals surface area contributed by atoms with Crippen LogP contribution in [0.4, 0.5) is 5.69 Å². The highest BCUT2D eigenvalue weighted by Crippen LogP contribution is 2.17. The van der Waals surface area contributed by atoms with Crippen molar-refractivity contribution in [1.29, 1.82) is 0 Å². The van der Waals surface area contributed by atoms with Gasteiger partial charge in [-0.05, 0) is 49.2 Å². The van der Waals surface area contributed by atoms with Gasteiger partial charge in [0, 0.05) is 0 Å². The van der Waals surface area contributed by atoms with Crippen molar-refractivity contribution in [2.75, 3.05) is 0 Å². The minimum Gasteiger partial charge on any atom is -0.489 e. The molecule has 2 nitrogen and oxygen atoms in total. The lowest BCUT2D eigenvalue weighted by Crippen LogP contribution is -1.98. The molecule has 0 heterocycles. The maximum atomic E-state index is 7.39. The van der Waals surface area contributed by atoms with Crippen LogP contribution >= 0.6 is 0 Å². The van der Waals surface area contributed by atoms with Crippen molar-refractivity contribution in [3.05, 3.63) is 59.2 Å². The normalized spacial score (nSPS) is 10.2. The van der Waals surface area contributed by atoms with Crippen LogP contribution in [0.2, 0.25) is 0 Å². The fourth-order valence-corrected chi connectivity index (χ4v) is 1.67. The van der Waals surface area contributed by atoms with Gasteiger partial charge in [0.05, 0.1) is 5.69 Å². The van der Waals surface area contributed by atoms with Crippen molar-refractivity contribution >= 4 is 5.69 Å². The second-order valence-electron chi connectivity index (χ2n) is 4.24. The third-order valence-electron chi connectivity index (χ3n) is 2.75. The molecule has 2 aromatic carbocycles. The Balaban J connectivity index is 2.07. The van der Waals surface area contributed by atoms with Crippen molar-refractivity contribution in [3.63, 3.8) is 0 Å². The van der Waals surface area contributed by atoms with Crippen LogP contribution in [0.3, 0.4) is 0 Å². The molecule has 2 aromatic rings. The Kier molecular flexibility index (Phi) is 3.33. The molecule has 0 bridgehead atoms. The van der Waals surface area contributed by atoms with E-state index in [1.165, 1.54) is 16.7 Å². The van der Waals surface area contributed by atoms with Gasteiger partial charge in [0.1, 0.15) is 12.4 Å². The third-order valence-corrected chi connectivity index (χ3v) is 2.75. The van der Waals surface area contributed by atoms with Crippen LogP contribution < -0.4 is 10.5 Å². The van der Waals surface area contributed by atoms with Gasteiger partial charge in [-0.3, -0.25) is 0 Å². The van der Waals surface area contributed by atoms with Crippen molar-refractivity contribution in [1.82, 2.24) is 5.73 Å². The lowest BCUT2D eigenvalue weighted by molar-refractivity contribution is 0.305. The molecule has 2 heteroatoms. The van der Waals surface area contributed by atoms with Gasteiger partial charge in [-0.25, -0.2) is 0 Å². The molecule has 0 saturated carbocycles. The van der Waals surface area contributed by atoms with Crippen LogP contribution in [0.15, 0.2) is 42.5 Å². The number of aryl methyl sites for hydroxylation is 2. The monoisotopic (exact) mass is 226 g/mol. The van der Waals surface area contributed by atoms with Crippen LogP contribution in [0.25, 0.3) is 0 Å². The first-order valence-electron chi connectivity index (χ1n) is 5.66. The van der Waals surface area contributed by atoms with E-state index in [0.29, 0.717) is 12.3 Å². The first-order valence-corrected chi connectivity index (χ1v) is 5.66. The highest BCUT2D eigenvalue weighted by molar-refractivity contribution is 5.39. The number of benzene rings is 2. The molecule has 0 unspecified atom stereocenters. The zero-order valence-electron chi connectivity index (χ0n) is 10.2. The highest BCUT2D eigenvalue weighted by atomic mass is 16.5. The molecule has 0 aliphatic heterocycles. The van der Waals surface area contributed by atoms with Gasteiger partial charge in [0.2, 0.25) is 0 Å². The Labute approximate surface area is 102 Å². The molecule has 87 valence electrons. The van der Waals surface area contributed by atoms with Gasteiger partial charge in [-0.1, -0.05) is 23.8 Å². The molecular formula is C15H16NO. The van der Waals surface area contributed by atoms with E-state index in [2.05, 4.69) is 32.0 Å². The standard InChI is InChI=1S/C15H16NO/c1-11-3-4-12(2)13(9-11)10-17-15-7-5-14(16)6-8-15/h3-9,16H,10H2,1-2H3. The van der Waals surface area contributed by atoms with Crippen LogP contribution in [-0.2, 0) is 6.61 Å². The van der Waals surface area contributed by atoms with Crippen molar-refractivity contribution in [2.24, 2.45) is 0 Å². The first kappa shape index (κ1) is 11.5. The molecular weight excluding hydrogens is 210 g/mol. The van der Waals surface area contributed by atoms with E-state index in [9.17, 15) is 0 Å². The van der Waals surface area contributed by atoms with Gasteiger partial charge >= 0.3 is 0 Å². The summed E-state index contributed by atoms with van der Waals surface area (Å²) in [6, 6.07) is 13.5. The van der Waals surface area contributed by atoms with Gasteiger partial charge in [-0.2, -0.15) is 0 Å². The average molecular weight is 226 g/mol. The minimum absolute atomic E-state index is 0.504. The molecule has 2 rings (SSSR count). The third kappa shape index (κ3) is 3.00. The summed E-state index contributed by atoms with van der Waals surface area (Å²) in [7, 11) is 0. The molecule has 0 aliphatic carbocycles. The van der Waals surface area contributed by atoms with Crippen LogP contribution in [0, 0.1) is 13.8 Å². The van der Waals surface area contributed by atoms with Gasteiger partial charge in [-0.15, -0.1) is 0 Å². The van der Waals surface area contributed by atoms with Gasteiger partial charge in [0.25, 0.3) is 0 Å². The molecule has 0 amide bonds. The zero-order valence-corrected chi connectivity index (χ0v) is 10.2. The molecule has 0 aromatic heterocycles. The minimum atomic E-state index is 0.504. The number of ether oxygens (including phenoxy) is 1. The molecule has 17 heavy (non-hydrogen) atoms. The Hall–Kier alpha value is -1.96. The van der Waals surface area contributed by atoms with Crippen molar-refractivity contribution < 1.29 is 4.74 Å². The van der Waals surface area contributed by atoms with Crippen LogP contribution in [0.1, 0.15) is 16.7 Å². The summed E-state index contributed by atoms with van der Waals surface area (Å²) in [6.45, 7) is 4.74. The lowest BCUT2D eigenvalue weighted by Gasteiger charge is -2.09. The lowest BCUT2D eigenvalue weighted by atomic mass is 10.1. The average Bonchev–Trinajstić information content (AvgIpc) is 2.32. The van der Waals surface area contributed by atoms with E-state index in [4.69, 9.17) is 10.5 Å². The Morgan fingerprint density at radius 1 is 1.00 bits per heavy atom. The van der Waals surface area contributed by atoms with Crippen molar-refractivity contribution in [2.45, 2.75) is 20.5 Å². The zero-order chi connectivity index (χ0) is 12.3. The van der Waals surface area contributed by atoms with Crippen LogP contribution in [-0.4, -0.2) is 0 Å². The number of nitrogens with one attached hydrogen (secondary N) is 1. The van der Waals surface area contributed by atoms with Gasteiger partial charge < -0.3 is 10.5 Å². The molecule has 1 N–H and O–H groups in total. The van der Waals surface area contributed by atoms with E-state index in [1.807, 2.05) is 12.1 Å². The van der Waals surface area contributed by atoms with E-state index in [0.717, 1.165) is 5.75 Å². The Morgan fingerprint density at radius 3 is 2.41 bits per heavy atom. The molecule has 0 saturated heterocycles. The fraction of sp³-hybridized carbons (Fsp3) is 0.200. The summed E-state index contributed by atoms with van der Waals surface area (Å²) in [4.78, 5) is 0. The summed E-state index contributed by atoms with van der Waals surface area (Å²) in [6.07, 6.45) is 0. The molecule has 1 radical (unpaired) electrons. The van der Waals surface area contributed by atoms with Crippen molar-refractivity contribution in [3.8, 4) is 5.75 Å². The summed E-state index contributed by atoms with van der Waals surface area (Å²) in [5.41, 5.74) is 11.6. The second kappa shape index (κ2) is 4.91. The number of hydrogen-bond donors (Lipinski definition) is 0.